The minimum atomic E-state index is -0.0327. The Bertz CT molecular complexity index is 772. The number of halogens is 1. The van der Waals surface area contributed by atoms with Crippen molar-refractivity contribution in [3.05, 3.63) is 53.6 Å². The maximum Gasteiger partial charge on any atom is 0.255 e. The Morgan fingerprint density at radius 1 is 1.12 bits per heavy atom. The minimum Gasteiger partial charge on any atom is -0.497 e. The number of anilines is 2. The molecular weight excluding hydrogens is 326 g/mol. The maximum absolute atomic E-state index is 12.3. The molecule has 5 nitrogen and oxygen atoms in total. The molecule has 126 valence electrons. The molecule has 24 heavy (non-hydrogen) atoms. The molecule has 0 radical (unpaired) electrons. The second-order valence-corrected chi connectivity index (χ2v) is 5.51. The number of hydrogen-bond acceptors (Lipinski definition) is 4. The van der Waals surface area contributed by atoms with Crippen molar-refractivity contribution >= 4 is 35.6 Å². The van der Waals surface area contributed by atoms with Crippen molar-refractivity contribution in [3.8, 4) is 5.75 Å². The third-order valence-electron chi connectivity index (χ3n) is 3.78. The van der Waals surface area contributed by atoms with E-state index >= 15 is 0 Å². The second kappa shape index (κ2) is 7.36. The van der Waals surface area contributed by atoms with Crippen LogP contribution in [0.25, 0.3) is 0 Å². The number of rotatable bonds is 3. The first-order valence-corrected chi connectivity index (χ1v) is 7.44. The van der Waals surface area contributed by atoms with Crippen LogP contribution in [0.5, 0.6) is 5.75 Å². The number of nitrogens with zero attached hydrogens (tertiary/aromatic N) is 2. The summed E-state index contributed by atoms with van der Waals surface area (Å²) in [4.78, 5) is 18.3. The summed E-state index contributed by atoms with van der Waals surface area (Å²) in [6, 6.07) is 13.6. The van der Waals surface area contributed by atoms with Crippen molar-refractivity contribution in [1.29, 1.82) is 0 Å². The van der Waals surface area contributed by atoms with Crippen molar-refractivity contribution in [2.75, 3.05) is 23.9 Å². The SMILES string of the molecule is COc1ccc(NC2=NCC(=O)N2c2cc(C)ccc2C)cc1.Cl. The molecular formula is C18H20ClN3O2. The molecule has 0 unspecified atom stereocenters. The van der Waals surface area contributed by atoms with E-state index in [9.17, 15) is 4.79 Å². The highest BCUT2D eigenvalue weighted by atomic mass is 35.5. The molecule has 1 amide bonds. The first kappa shape index (κ1) is 17.8. The number of hydrogen-bond donors (Lipinski definition) is 1. The molecule has 0 aliphatic carbocycles. The molecule has 2 aromatic rings. The van der Waals surface area contributed by atoms with E-state index in [1.807, 2.05) is 56.3 Å². The van der Waals surface area contributed by atoms with Gasteiger partial charge >= 0.3 is 0 Å². The summed E-state index contributed by atoms with van der Waals surface area (Å²) in [5.41, 5.74) is 3.87. The molecule has 1 heterocycles. The zero-order valence-electron chi connectivity index (χ0n) is 13.9. The van der Waals surface area contributed by atoms with Crippen LogP contribution in [-0.2, 0) is 4.79 Å². The van der Waals surface area contributed by atoms with E-state index in [0.29, 0.717) is 5.96 Å². The zero-order chi connectivity index (χ0) is 16.4. The molecule has 2 aromatic carbocycles. The van der Waals surface area contributed by atoms with Crippen molar-refractivity contribution < 1.29 is 9.53 Å². The van der Waals surface area contributed by atoms with Crippen LogP contribution in [-0.4, -0.2) is 25.5 Å². The van der Waals surface area contributed by atoms with Crippen LogP contribution in [0.1, 0.15) is 11.1 Å². The van der Waals surface area contributed by atoms with Crippen molar-refractivity contribution in [2.45, 2.75) is 13.8 Å². The number of benzene rings is 2. The summed E-state index contributed by atoms with van der Waals surface area (Å²) >= 11 is 0. The van der Waals surface area contributed by atoms with Gasteiger partial charge in [0.1, 0.15) is 12.3 Å². The predicted octanol–water partition coefficient (Wildman–Crippen LogP) is 3.55. The molecule has 1 N–H and O–H groups in total. The smallest absolute Gasteiger partial charge is 0.255 e. The highest BCUT2D eigenvalue weighted by molar-refractivity contribution is 6.25. The fourth-order valence-corrected chi connectivity index (χ4v) is 2.51. The maximum atomic E-state index is 12.3. The summed E-state index contributed by atoms with van der Waals surface area (Å²) in [7, 11) is 1.63. The molecule has 0 atom stereocenters. The third-order valence-corrected chi connectivity index (χ3v) is 3.78. The standard InChI is InChI=1S/C18H19N3O2.ClH/c1-12-4-5-13(2)16(10-12)21-17(22)11-19-18(21)20-14-6-8-15(23-3)9-7-14;/h4-10H,11H2,1-3H3,(H,19,20);1H. The number of amides is 1. The third kappa shape index (κ3) is 3.51. The molecule has 0 saturated heterocycles. The van der Waals surface area contributed by atoms with Crippen LogP contribution in [0.4, 0.5) is 11.4 Å². The van der Waals surface area contributed by atoms with Gasteiger partial charge in [0.25, 0.3) is 5.91 Å². The van der Waals surface area contributed by atoms with Gasteiger partial charge in [0.05, 0.1) is 12.8 Å². The largest absolute Gasteiger partial charge is 0.497 e. The number of nitrogens with one attached hydrogen (secondary N) is 1. The summed E-state index contributed by atoms with van der Waals surface area (Å²) in [6.45, 7) is 4.16. The predicted molar refractivity (Wildman–Crippen MR) is 99.6 cm³/mol. The zero-order valence-corrected chi connectivity index (χ0v) is 14.7. The Balaban J connectivity index is 0.00000208. The number of methoxy groups -OCH3 is 1. The summed E-state index contributed by atoms with van der Waals surface area (Å²) in [5, 5.41) is 3.22. The van der Waals surface area contributed by atoms with Crippen molar-refractivity contribution in [3.63, 3.8) is 0 Å². The molecule has 0 bridgehead atoms. The Morgan fingerprint density at radius 2 is 1.83 bits per heavy atom. The van der Waals surface area contributed by atoms with E-state index in [4.69, 9.17) is 4.74 Å². The van der Waals surface area contributed by atoms with Gasteiger partial charge in [0.2, 0.25) is 5.96 Å². The van der Waals surface area contributed by atoms with Gasteiger partial charge in [0.15, 0.2) is 0 Å². The normalized spacial score (nSPS) is 13.4. The Morgan fingerprint density at radius 3 is 2.50 bits per heavy atom. The van der Waals surface area contributed by atoms with Crippen molar-refractivity contribution in [1.82, 2.24) is 0 Å². The summed E-state index contributed by atoms with van der Waals surface area (Å²) in [6.07, 6.45) is 0. The molecule has 6 heteroatoms. The summed E-state index contributed by atoms with van der Waals surface area (Å²) < 4.78 is 5.15. The fourth-order valence-electron chi connectivity index (χ4n) is 2.51. The van der Waals surface area contributed by atoms with Crippen LogP contribution in [0.15, 0.2) is 47.5 Å². The first-order chi connectivity index (χ1) is 11.1. The Labute approximate surface area is 147 Å². The van der Waals surface area contributed by atoms with Gasteiger partial charge in [0, 0.05) is 5.69 Å². The van der Waals surface area contributed by atoms with Gasteiger partial charge in [-0.05, 0) is 55.3 Å². The lowest BCUT2D eigenvalue weighted by Crippen LogP contribution is -2.37. The number of guanidine groups is 1. The van der Waals surface area contributed by atoms with E-state index in [0.717, 1.165) is 28.3 Å². The van der Waals surface area contributed by atoms with Crippen LogP contribution in [0, 0.1) is 13.8 Å². The number of carbonyl (C=O) groups excluding carboxylic acids is 1. The fraction of sp³-hybridized carbons (Fsp3) is 0.222. The van der Waals surface area contributed by atoms with Crippen molar-refractivity contribution in [2.24, 2.45) is 4.99 Å². The quantitative estimate of drug-likeness (QED) is 0.925. The van der Waals surface area contributed by atoms with Gasteiger partial charge in [-0.3, -0.25) is 4.79 Å². The molecule has 0 saturated carbocycles. The number of aliphatic imine (C=N–C) groups is 1. The van der Waals surface area contributed by atoms with E-state index in [1.54, 1.807) is 12.0 Å². The van der Waals surface area contributed by atoms with Crippen LogP contribution in [0.2, 0.25) is 0 Å². The lowest BCUT2D eigenvalue weighted by Gasteiger charge is -2.22. The first-order valence-electron chi connectivity index (χ1n) is 7.44. The highest BCUT2D eigenvalue weighted by Gasteiger charge is 2.28. The highest BCUT2D eigenvalue weighted by Crippen LogP contribution is 2.25. The van der Waals surface area contributed by atoms with Gasteiger partial charge in [-0.2, -0.15) is 0 Å². The topological polar surface area (TPSA) is 53.9 Å². The van der Waals surface area contributed by atoms with Crippen LogP contribution < -0.4 is 15.0 Å². The van der Waals surface area contributed by atoms with E-state index in [2.05, 4.69) is 10.3 Å². The van der Waals surface area contributed by atoms with E-state index in [-0.39, 0.29) is 24.9 Å². The number of ether oxygens (including phenoxy) is 1. The average molecular weight is 346 g/mol. The Kier molecular flexibility index (Phi) is 5.46. The van der Waals surface area contributed by atoms with E-state index < -0.39 is 0 Å². The average Bonchev–Trinajstić information content (AvgIpc) is 2.91. The molecule has 1 aliphatic rings. The lowest BCUT2D eigenvalue weighted by molar-refractivity contribution is -0.115. The minimum absolute atomic E-state index is 0. The monoisotopic (exact) mass is 345 g/mol. The van der Waals surface area contributed by atoms with Gasteiger partial charge in [-0.15, -0.1) is 12.4 Å². The molecule has 0 spiro atoms. The van der Waals surface area contributed by atoms with Crippen LogP contribution in [0.3, 0.4) is 0 Å². The Hall–Kier alpha value is -2.53. The molecule has 0 aromatic heterocycles. The van der Waals surface area contributed by atoms with E-state index in [1.165, 1.54) is 0 Å². The van der Waals surface area contributed by atoms with Crippen LogP contribution >= 0.6 is 12.4 Å². The van der Waals surface area contributed by atoms with Gasteiger partial charge < -0.3 is 10.1 Å². The lowest BCUT2D eigenvalue weighted by atomic mass is 10.1. The second-order valence-electron chi connectivity index (χ2n) is 5.51. The molecule has 0 fully saturated rings. The van der Waals surface area contributed by atoms with Gasteiger partial charge in [-0.1, -0.05) is 12.1 Å². The van der Waals surface area contributed by atoms with Gasteiger partial charge in [-0.25, -0.2) is 9.89 Å². The summed E-state index contributed by atoms with van der Waals surface area (Å²) in [5.74, 6) is 1.30. The molecule has 1 aliphatic heterocycles. The molecule has 3 rings (SSSR count). The number of aryl methyl sites for hydroxylation is 2. The number of carbonyl (C=O) groups is 1.